The summed E-state index contributed by atoms with van der Waals surface area (Å²) < 4.78 is 15.8. The molecular formula is C14H17NO4. The van der Waals surface area contributed by atoms with Crippen LogP contribution in [0.4, 0.5) is 0 Å². The van der Waals surface area contributed by atoms with Crippen LogP contribution in [0.1, 0.15) is 11.9 Å². The third-order valence-electron chi connectivity index (χ3n) is 2.81. The molecule has 1 heterocycles. The van der Waals surface area contributed by atoms with Crippen LogP contribution in [0, 0.1) is 0 Å². The smallest absolute Gasteiger partial charge is 0.246 e. The zero-order valence-electron chi connectivity index (χ0n) is 11.0. The maximum atomic E-state index is 11.3. The summed E-state index contributed by atoms with van der Waals surface area (Å²) in [6, 6.07) is 9.65. The molecule has 1 N–H and O–H groups in total. The molecule has 1 atom stereocenters. The summed E-state index contributed by atoms with van der Waals surface area (Å²) in [5.41, 5.74) is 0.808. The van der Waals surface area contributed by atoms with Crippen molar-refractivity contribution in [2.24, 2.45) is 0 Å². The number of methoxy groups -OCH3 is 2. The fraction of sp³-hybridized carbons (Fsp3) is 0.357. The number of carbonyl (C=O) groups excluding carboxylic acids is 1. The van der Waals surface area contributed by atoms with E-state index in [2.05, 4.69) is 5.32 Å². The van der Waals surface area contributed by atoms with Gasteiger partial charge in [0.05, 0.1) is 6.54 Å². The lowest BCUT2D eigenvalue weighted by atomic mass is 10.2. The fourth-order valence-corrected chi connectivity index (χ4v) is 1.85. The number of amides is 1. The second-order valence-corrected chi connectivity index (χ2v) is 4.15. The van der Waals surface area contributed by atoms with Crippen LogP contribution < -0.4 is 5.32 Å². The Hall–Kier alpha value is -1.85. The van der Waals surface area contributed by atoms with E-state index in [-0.39, 0.29) is 18.6 Å². The van der Waals surface area contributed by atoms with Crippen LogP contribution >= 0.6 is 0 Å². The Morgan fingerprint density at radius 1 is 1.37 bits per heavy atom. The van der Waals surface area contributed by atoms with Gasteiger partial charge in [-0.1, -0.05) is 18.2 Å². The van der Waals surface area contributed by atoms with Gasteiger partial charge in [0.25, 0.3) is 0 Å². The van der Waals surface area contributed by atoms with Crippen LogP contribution in [-0.4, -0.2) is 33.3 Å². The fourth-order valence-electron chi connectivity index (χ4n) is 1.85. The molecule has 1 aromatic heterocycles. The topological polar surface area (TPSA) is 60.7 Å². The first-order valence-electron chi connectivity index (χ1n) is 6.01. The summed E-state index contributed by atoms with van der Waals surface area (Å²) in [6.45, 7) is 0.384. The summed E-state index contributed by atoms with van der Waals surface area (Å²) in [7, 11) is 3.06. The van der Waals surface area contributed by atoms with Gasteiger partial charge in [0.15, 0.2) is 0 Å². The summed E-state index contributed by atoms with van der Waals surface area (Å²) in [5.74, 6) is 0.516. The molecule has 1 unspecified atom stereocenters. The molecule has 102 valence electrons. The van der Waals surface area contributed by atoms with Crippen LogP contribution in [0.3, 0.4) is 0 Å². The number of benzene rings is 1. The lowest BCUT2D eigenvalue weighted by Gasteiger charge is -2.13. The lowest BCUT2D eigenvalue weighted by molar-refractivity contribution is -0.125. The highest BCUT2D eigenvalue weighted by Crippen LogP contribution is 2.25. The normalized spacial score (nSPS) is 12.5. The van der Waals surface area contributed by atoms with Gasteiger partial charge in [0.2, 0.25) is 5.91 Å². The van der Waals surface area contributed by atoms with Crippen LogP contribution in [0.2, 0.25) is 0 Å². The van der Waals surface area contributed by atoms with Crippen LogP contribution in [0.5, 0.6) is 0 Å². The van der Waals surface area contributed by atoms with Crippen molar-refractivity contribution in [1.82, 2.24) is 5.32 Å². The molecule has 0 aliphatic heterocycles. The molecule has 19 heavy (non-hydrogen) atoms. The maximum absolute atomic E-state index is 11.3. The zero-order valence-corrected chi connectivity index (χ0v) is 11.0. The van der Waals surface area contributed by atoms with Gasteiger partial charge in [-0.2, -0.15) is 0 Å². The first kappa shape index (κ1) is 13.6. The molecule has 0 saturated heterocycles. The number of ether oxygens (including phenoxy) is 2. The Kier molecular flexibility index (Phi) is 4.54. The van der Waals surface area contributed by atoms with Crippen molar-refractivity contribution in [3.63, 3.8) is 0 Å². The third kappa shape index (κ3) is 3.33. The van der Waals surface area contributed by atoms with Gasteiger partial charge in [-0.3, -0.25) is 4.79 Å². The van der Waals surface area contributed by atoms with E-state index in [1.165, 1.54) is 7.11 Å². The molecular weight excluding hydrogens is 246 g/mol. The monoisotopic (exact) mass is 263 g/mol. The minimum atomic E-state index is -0.312. The third-order valence-corrected chi connectivity index (χ3v) is 2.81. The first-order valence-corrected chi connectivity index (χ1v) is 6.01. The van der Waals surface area contributed by atoms with E-state index in [0.717, 1.165) is 11.0 Å². The average molecular weight is 263 g/mol. The average Bonchev–Trinajstić information content (AvgIpc) is 2.83. The van der Waals surface area contributed by atoms with Crippen LogP contribution in [0.25, 0.3) is 11.0 Å². The van der Waals surface area contributed by atoms with Crippen molar-refractivity contribution in [1.29, 1.82) is 0 Å². The Bertz CT molecular complexity index is 516. The molecule has 5 heteroatoms. The number of hydrogen-bond donors (Lipinski definition) is 1. The molecule has 0 fully saturated rings. The summed E-state index contributed by atoms with van der Waals surface area (Å²) in [6.07, 6.45) is -0.312. The highest BCUT2D eigenvalue weighted by atomic mass is 16.5. The maximum Gasteiger partial charge on any atom is 0.246 e. The van der Waals surface area contributed by atoms with Crippen molar-refractivity contribution in [3.8, 4) is 0 Å². The Balaban J connectivity index is 2.06. The number of fused-ring (bicyclic) bond motifs is 1. The van der Waals surface area contributed by atoms with E-state index in [0.29, 0.717) is 12.3 Å². The van der Waals surface area contributed by atoms with Gasteiger partial charge in [-0.05, 0) is 12.1 Å². The minimum Gasteiger partial charge on any atom is -0.458 e. The minimum absolute atomic E-state index is 0.0383. The van der Waals surface area contributed by atoms with Gasteiger partial charge < -0.3 is 19.2 Å². The van der Waals surface area contributed by atoms with Crippen molar-refractivity contribution in [2.75, 3.05) is 27.4 Å². The van der Waals surface area contributed by atoms with Gasteiger partial charge in [0.1, 0.15) is 24.1 Å². The van der Waals surface area contributed by atoms with Crippen molar-refractivity contribution in [2.45, 2.75) is 6.10 Å². The quantitative estimate of drug-likeness (QED) is 0.864. The van der Waals surface area contributed by atoms with Crippen molar-refractivity contribution >= 4 is 16.9 Å². The van der Waals surface area contributed by atoms with Gasteiger partial charge >= 0.3 is 0 Å². The van der Waals surface area contributed by atoms with Gasteiger partial charge in [-0.25, -0.2) is 0 Å². The number of carbonyl (C=O) groups is 1. The van der Waals surface area contributed by atoms with E-state index in [9.17, 15) is 4.79 Å². The zero-order chi connectivity index (χ0) is 13.7. The van der Waals surface area contributed by atoms with Crippen molar-refractivity contribution in [3.05, 3.63) is 36.1 Å². The number of para-hydroxylation sites is 1. The van der Waals surface area contributed by atoms with Crippen LogP contribution in [-0.2, 0) is 14.3 Å². The van der Waals surface area contributed by atoms with E-state index in [1.807, 2.05) is 30.3 Å². The molecule has 0 spiro atoms. The molecule has 0 bridgehead atoms. The molecule has 1 aromatic carbocycles. The first-order chi connectivity index (χ1) is 9.24. The molecule has 5 nitrogen and oxygen atoms in total. The lowest BCUT2D eigenvalue weighted by Crippen LogP contribution is -2.31. The SMILES string of the molecule is COCC(=O)NCC(OC)c1cc2ccccc2o1. The molecule has 1 amide bonds. The molecule has 2 rings (SSSR count). The largest absolute Gasteiger partial charge is 0.458 e. The second-order valence-electron chi connectivity index (χ2n) is 4.15. The summed E-state index contributed by atoms with van der Waals surface area (Å²) in [4.78, 5) is 11.3. The standard InChI is InChI=1S/C14H17NO4/c1-17-9-14(16)15-8-13(18-2)12-7-10-5-3-4-6-11(10)19-12/h3-7,13H,8-9H2,1-2H3,(H,15,16). The van der Waals surface area contributed by atoms with E-state index < -0.39 is 0 Å². The van der Waals surface area contributed by atoms with Gasteiger partial charge in [-0.15, -0.1) is 0 Å². The predicted octanol–water partition coefficient (Wildman–Crippen LogP) is 1.88. The number of rotatable bonds is 6. The van der Waals surface area contributed by atoms with Crippen molar-refractivity contribution < 1.29 is 18.7 Å². The van der Waals surface area contributed by atoms with Gasteiger partial charge in [0, 0.05) is 19.6 Å². The van der Waals surface area contributed by atoms with E-state index in [1.54, 1.807) is 7.11 Å². The molecule has 0 saturated carbocycles. The Labute approximate surface area is 111 Å². The van der Waals surface area contributed by atoms with E-state index in [4.69, 9.17) is 13.9 Å². The predicted molar refractivity (Wildman–Crippen MR) is 70.8 cm³/mol. The number of nitrogens with one attached hydrogen (secondary N) is 1. The second kappa shape index (κ2) is 6.36. The Morgan fingerprint density at radius 3 is 2.84 bits per heavy atom. The molecule has 2 aromatic rings. The van der Waals surface area contributed by atoms with E-state index >= 15 is 0 Å². The highest BCUT2D eigenvalue weighted by Gasteiger charge is 2.16. The number of hydrogen-bond acceptors (Lipinski definition) is 4. The van der Waals surface area contributed by atoms with Crippen LogP contribution in [0.15, 0.2) is 34.7 Å². The summed E-state index contributed by atoms with van der Waals surface area (Å²) in [5, 5.41) is 3.74. The highest BCUT2D eigenvalue weighted by molar-refractivity contribution is 5.78. The Morgan fingerprint density at radius 2 is 2.16 bits per heavy atom. The molecule has 0 radical (unpaired) electrons. The number of furan rings is 1. The molecule has 0 aliphatic carbocycles. The molecule has 0 aliphatic rings. The summed E-state index contributed by atoms with van der Waals surface area (Å²) >= 11 is 0.